The summed E-state index contributed by atoms with van der Waals surface area (Å²) in [5, 5.41) is 9.42. The number of hydrogen-bond acceptors (Lipinski definition) is 3. The van der Waals surface area contributed by atoms with Crippen LogP contribution < -0.4 is 0 Å². The van der Waals surface area contributed by atoms with Crippen molar-refractivity contribution < 1.29 is 14.6 Å². The summed E-state index contributed by atoms with van der Waals surface area (Å²) in [5.74, 6) is -0.0244. The summed E-state index contributed by atoms with van der Waals surface area (Å²) in [6, 6.07) is 0. The maximum atomic E-state index is 11.3. The van der Waals surface area contributed by atoms with Crippen LogP contribution in [-0.2, 0) is 9.53 Å². The van der Waals surface area contributed by atoms with Crippen molar-refractivity contribution in [1.29, 1.82) is 0 Å². The van der Waals surface area contributed by atoms with Gasteiger partial charge in [-0.1, -0.05) is 12.2 Å². The van der Waals surface area contributed by atoms with E-state index in [1.807, 2.05) is 12.2 Å². The molecule has 0 spiro atoms. The third kappa shape index (κ3) is 0.547. The summed E-state index contributed by atoms with van der Waals surface area (Å²) in [6.45, 7) is 0. The van der Waals surface area contributed by atoms with Crippen LogP contribution in [0.3, 0.4) is 0 Å². The largest absolute Gasteiger partial charge is 0.512 e. The van der Waals surface area contributed by atoms with Crippen molar-refractivity contribution in [2.45, 2.75) is 12.2 Å². The van der Waals surface area contributed by atoms with Crippen LogP contribution in [0.4, 0.5) is 0 Å². The first-order valence-corrected chi connectivity index (χ1v) is 4.05. The van der Waals surface area contributed by atoms with E-state index in [0.29, 0.717) is 0 Å². The van der Waals surface area contributed by atoms with Crippen LogP contribution in [0.15, 0.2) is 24.0 Å². The fourth-order valence-electron chi connectivity index (χ4n) is 2.34. The fraction of sp³-hybridized carbons (Fsp3) is 0.444. The third-order valence-corrected chi connectivity index (χ3v) is 2.86. The Morgan fingerprint density at radius 3 is 2.58 bits per heavy atom. The lowest BCUT2D eigenvalue weighted by Crippen LogP contribution is -2.25. The topological polar surface area (TPSA) is 46.5 Å². The van der Waals surface area contributed by atoms with Gasteiger partial charge in [-0.15, -0.1) is 0 Å². The number of ether oxygens (including phenoxy) is 1. The van der Waals surface area contributed by atoms with Crippen molar-refractivity contribution >= 4 is 5.78 Å². The Morgan fingerprint density at radius 1 is 1.25 bits per heavy atom. The molecule has 3 aliphatic rings. The molecule has 0 amide bonds. The molecule has 0 saturated carbocycles. The minimum absolute atomic E-state index is 0.00866. The second-order valence-electron chi connectivity index (χ2n) is 3.47. The van der Waals surface area contributed by atoms with E-state index < -0.39 is 0 Å². The van der Waals surface area contributed by atoms with Gasteiger partial charge in [0.1, 0.15) is 5.76 Å². The average molecular weight is 164 g/mol. The number of fused-ring (bicyclic) bond motifs is 5. The first-order valence-electron chi connectivity index (χ1n) is 4.05. The maximum absolute atomic E-state index is 11.3. The lowest BCUT2D eigenvalue weighted by atomic mass is 9.84. The zero-order valence-corrected chi connectivity index (χ0v) is 6.31. The highest BCUT2D eigenvalue weighted by molar-refractivity contribution is 5.96. The SMILES string of the molecule is O=C1C=C(O)C2C3C=CC(O3)C12. The van der Waals surface area contributed by atoms with Gasteiger partial charge in [0.2, 0.25) is 0 Å². The molecule has 4 unspecified atom stereocenters. The van der Waals surface area contributed by atoms with Crippen LogP contribution in [-0.4, -0.2) is 23.1 Å². The van der Waals surface area contributed by atoms with Gasteiger partial charge in [0.25, 0.3) is 0 Å². The highest BCUT2D eigenvalue weighted by Crippen LogP contribution is 2.46. The molecular weight excluding hydrogens is 156 g/mol. The van der Waals surface area contributed by atoms with Gasteiger partial charge in [0, 0.05) is 6.08 Å². The number of ketones is 1. The maximum Gasteiger partial charge on any atom is 0.165 e. The van der Waals surface area contributed by atoms with Gasteiger partial charge in [-0.25, -0.2) is 0 Å². The van der Waals surface area contributed by atoms with E-state index in [1.54, 1.807) is 0 Å². The second kappa shape index (κ2) is 1.80. The molecule has 3 nitrogen and oxygen atoms in total. The number of hydrogen-bond donors (Lipinski definition) is 1. The quantitative estimate of drug-likeness (QED) is 0.533. The van der Waals surface area contributed by atoms with Gasteiger partial charge in [-0.3, -0.25) is 4.79 Å². The van der Waals surface area contributed by atoms with Gasteiger partial charge in [0.05, 0.1) is 24.0 Å². The van der Waals surface area contributed by atoms with Crippen LogP contribution in [0.25, 0.3) is 0 Å². The molecule has 0 aromatic heterocycles. The molecule has 1 saturated heterocycles. The van der Waals surface area contributed by atoms with Crippen molar-refractivity contribution in [1.82, 2.24) is 0 Å². The number of aliphatic hydroxyl groups is 1. The predicted octanol–water partition coefficient (Wildman–Crippen LogP) is 0.581. The highest BCUT2D eigenvalue weighted by atomic mass is 16.5. The first kappa shape index (κ1) is 6.43. The first-order chi connectivity index (χ1) is 5.77. The molecule has 4 atom stereocenters. The van der Waals surface area contributed by atoms with E-state index in [2.05, 4.69) is 0 Å². The molecule has 0 radical (unpaired) electrons. The van der Waals surface area contributed by atoms with Gasteiger partial charge in [-0.05, 0) is 0 Å². The fourth-order valence-corrected chi connectivity index (χ4v) is 2.34. The van der Waals surface area contributed by atoms with E-state index in [-0.39, 0.29) is 35.6 Å². The summed E-state index contributed by atoms with van der Waals surface area (Å²) < 4.78 is 5.45. The molecular formula is C9H8O3. The molecule has 1 N–H and O–H groups in total. The molecule has 2 aliphatic heterocycles. The third-order valence-electron chi connectivity index (χ3n) is 2.86. The van der Waals surface area contributed by atoms with Gasteiger partial charge < -0.3 is 9.84 Å². The average Bonchev–Trinajstić information content (AvgIpc) is 2.64. The zero-order valence-electron chi connectivity index (χ0n) is 6.31. The zero-order chi connectivity index (χ0) is 8.29. The van der Waals surface area contributed by atoms with Crippen LogP contribution in [0, 0.1) is 11.8 Å². The summed E-state index contributed by atoms with van der Waals surface area (Å²) in [5.41, 5.74) is 0. The Balaban J connectivity index is 2.09. The molecule has 1 fully saturated rings. The molecule has 12 heavy (non-hydrogen) atoms. The van der Waals surface area contributed by atoms with Crippen LogP contribution in [0.2, 0.25) is 0 Å². The van der Waals surface area contributed by atoms with Crippen molar-refractivity contribution in [3.05, 3.63) is 24.0 Å². The molecule has 0 aromatic rings. The van der Waals surface area contributed by atoms with E-state index in [4.69, 9.17) is 4.74 Å². The van der Waals surface area contributed by atoms with Gasteiger partial charge >= 0.3 is 0 Å². The Hall–Kier alpha value is -1.09. The lowest BCUT2D eigenvalue weighted by molar-refractivity contribution is -0.118. The van der Waals surface area contributed by atoms with Crippen LogP contribution in [0.5, 0.6) is 0 Å². The summed E-state index contributed by atoms with van der Waals surface area (Å²) in [6.07, 6.45) is 5.02. The standard InChI is InChI=1S/C9H8O3/c10-4-3-5(11)9-7-2-1-6(12-7)8(4)9/h1-3,6-10H. The molecule has 2 heterocycles. The molecule has 3 heteroatoms. The molecule has 3 rings (SSSR count). The number of rotatable bonds is 0. The summed E-state index contributed by atoms with van der Waals surface area (Å²) >= 11 is 0. The van der Waals surface area contributed by atoms with E-state index in [0.717, 1.165) is 0 Å². The van der Waals surface area contributed by atoms with Crippen molar-refractivity contribution in [2.24, 2.45) is 11.8 Å². The Bertz CT molecular complexity index is 316. The minimum atomic E-state index is -0.139. The molecule has 2 bridgehead atoms. The van der Waals surface area contributed by atoms with Gasteiger partial charge in [0.15, 0.2) is 5.78 Å². The van der Waals surface area contributed by atoms with E-state index in [1.165, 1.54) is 6.08 Å². The number of aliphatic hydroxyl groups excluding tert-OH is 1. The highest BCUT2D eigenvalue weighted by Gasteiger charge is 2.53. The van der Waals surface area contributed by atoms with Gasteiger partial charge in [-0.2, -0.15) is 0 Å². The number of carbonyl (C=O) groups excluding carboxylic acids is 1. The molecule has 0 aromatic carbocycles. The Kier molecular flexibility index (Phi) is 0.964. The Morgan fingerprint density at radius 2 is 1.92 bits per heavy atom. The van der Waals surface area contributed by atoms with E-state index in [9.17, 15) is 9.90 Å². The summed E-state index contributed by atoms with van der Waals surface area (Å²) in [4.78, 5) is 11.3. The monoisotopic (exact) mass is 164 g/mol. The summed E-state index contributed by atoms with van der Waals surface area (Å²) in [7, 11) is 0. The molecule has 1 aliphatic carbocycles. The normalized spacial score (nSPS) is 48.3. The molecule has 62 valence electrons. The second-order valence-corrected chi connectivity index (χ2v) is 3.47. The van der Waals surface area contributed by atoms with Crippen molar-refractivity contribution in [2.75, 3.05) is 0 Å². The Labute approximate surface area is 69.3 Å². The smallest absolute Gasteiger partial charge is 0.165 e. The predicted molar refractivity (Wildman–Crippen MR) is 40.5 cm³/mol. The number of carbonyl (C=O) groups is 1. The number of allylic oxidation sites excluding steroid dienone is 1. The van der Waals surface area contributed by atoms with Crippen molar-refractivity contribution in [3.63, 3.8) is 0 Å². The van der Waals surface area contributed by atoms with E-state index >= 15 is 0 Å². The van der Waals surface area contributed by atoms with Crippen LogP contribution in [0.1, 0.15) is 0 Å². The minimum Gasteiger partial charge on any atom is -0.512 e. The van der Waals surface area contributed by atoms with Crippen molar-refractivity contribution in [3.8, 4) is 0 Å². The van der Waals surface area contributed by atoms with Crippen LogP contribution >= 0.6 is 0 Å². The lowest BCUT2D eigenvalue weighted by Gasteiger charge is -2.15.